The SMILES string of the molecule is Cc1sc2cc(C(=O)O)[nH]c2c1C(=O)N1CCOCC1. The van der Waals surface area contributed by atoms with Gasteiger partial charge >= 0.3 is 5.97 Å². The molecule has 0 spiro atoms. The number of aromatic carboxylic acids is 1. The molecule has 3 heterocycles. The van der Waals surface area contributed by atoms with Gasteiger partial charge in [-0.2, -0.15) is 0 Å². The monoisotopic (exact) mass is 294 g/mol. The number of carboxylic acid groups (broad SMARTS) is 1. The summed E-state index contributed by atoms with van der Waals surface area (Å²) in [5.41, 5.74) is 1.32. The van der Waals surface area contributed by atoms with Gasteiger partial charge in [-0.3, -0.25) is 4.79 Å². The zero-order valence-corrected chi connectivity index (χ0v) is 11.7. The van der Waals surface area contributed by atoms with Crippen molar-refractivity contribution in [3.63, 3.8) is 0 Å². The van der Waals surface area contributed by atoms with Gasteiger partial charge in [-0.25, -0.2) is 4.79 Å². The Labute approximate surface area is 119 Å². The highest BCUT2D eigenvalue weighted by atomic mass is 32.1. The number of thiophene rings is 1. The third-order valence-corrected chi connectivity index (χ3v) is 4.44. The van der Waals surface area contributed by atoms with E-state index < -0.39 is 5.97 Å². The predicted molar refractivity (Wildman–Crippen MR) is 74.6 cm³/mol. The molecule has 0 atom stereocenters. The van der Waals surface area contributed by atoms with Gasteiger partial charge in [-0.1, -0.05) is 0 Å². The molecule has 20 heavy (non-hydrogen) atoms. The minimum Gasteiger partial charge on any atom is -0.477 e. The van der Waals surface area contributed by atoms with Gasteiger partial charge in [-0.15, -0.1) is 11.3 Å². The molecule has 0 saturated carbocycles. The molecule has 1 saturated heterocycles. The van der Waals surface area contributed by atoms with E-state index in [1.54, 1.807) is 11.0 Å². The summed E-state index contributed by atoms with van der Waals surface area (Å²) in [6.45, 7) is 4.11. The second kappa shape index (κ2) is 4.92. The molecular weight excluding hydrogens is 280 g/mol. The molecule has 0 radical (unpaired) electrons. The number of nitrogens with zero attached hydrogens (tertiary/aromatic N) is 1. The molecule has 1 amide bonds. The lowest BCUT2D eigenvalue weighted by Gasteiger charge is -2.26. The minimum atomic E-state index is -1.02. The molecule has 2 aromatic heterocycles. The lowest BCUT2D eigenvalue weighted by molar-refractivity contribution is 0.0304. The van der Waals surface area contributed by atoms with Crippen molar-refractivity contribution in [3.8, 4) is 0 Å². The third kappa shape index (κ3) is 2.08. The number of hydrogen-bond donors (Lipinski definition) is 2. The number of carboxylic acids is 1. The van der Waals surface area contributed by atoms with Crippen LogP contribution in [0.4, 0.5) is 0 Å². The maximum Gasteiger partial charge on any atom is 0.352 e. The van der Waals surface area contributed by atoms with Crippen LogP contribution < -0.4 is 0 Å². The van der Waals surface area contributed by atoms with Gasteiger partial charge < -0.3 is 19.7 Å². The normalized spacial score (nSPS) is 15.8. The molecule has 0 bridgehead atoms. The molecule has 3 rings (SSSR count). The fourth-order valence-corrected chi connectivity index (χ4v) is 3.44. The number of aromatic amines is 1. The van der Waals surface area contributed by atoms with Gasteiger partial charge in [0.25, 0.3) is 5.91 Å². The molecule has 2 N–H and O–H groups in total. The number of carbonyl (C=O) groups is 2. The van der Waals surface area contributed by atoms with E-state index >= 15 is 0 Å². The number of carbonyl (C=O) groups excluding carboxylic acids is 1. The van der Waals surface area contributed by atoms with Gasteiger partial charge in [0, 0.05) is 18.0 Å². The first kappa shape index (κ1) is 13.1. The smallest absolute Gasteiger partial charge is 0.352 e. The maximum absolute atomic E-state index is 12.6. The largest absolute Gasteiger partial charge is 0.477 e. The third-order valence-electron chi connectivity index (χ3n) is 3.39. The van der Waals surface area contributed by atoms with Gasteiger partial charge in [0.15, 0.2) is 0 Å². The number of amides is 1. The summed E-state index contributed by atoms with van der Waals surface area (Å²) in [5.74, 6) is -1.08. The molecule has 0 unspecified atom stereocenters. The highest BCUT2D eigenvalue weighted by Crippen LogP contribution is 2.32. The molecule has 1 aliphatic heterocycles. The van der Waals surface area contributed by atoms with Crippen LogP contribution in [0.2, 0.25) is 0 Å². The summed E-state index contributed by atoms with van der Waals surface area (Å²) >= 11 is 1.44. The average Bonchev–Trinajstić information content (AvgIpc) is 2.95. The summed E-state index contributed by atoms with van der Waals surface area (Å²) in [5, 5.41) is 9.01. The summed E-state index contributed by atoms with van der Waals surface area (Å²) in [7, 11) is 0. The summed E-state index contributed by atoms with van der Waals surface area (Å²) in [6, 6.07) is 1.57. The highest BCUT2D eigenvalue weighted by Gasteiger charge is 2.25. The van der Waals surface area contributed by atoms with Crippen molar-refractivity contribution in [1.29, 1.82) is 0 Å². The number of H-pyrrole nitrogens is 1. The first-order valence-corrected chi connectivity index (χ1v) is 7.12. The predicted octanol–water partition coefficient (Wildman–Crippen LogP) is 1.71. The standard InChI is InChI=1S/C13H14N2O4S/c1-7-10(12(16)15-2-4-19-5-3-15)11-9(20-7)6-8(14-11)13(17)18/h6,14H,2-5H2,1H3,(H,17,18). The van der Waals surface area contributed by atoms with Crippen LogP contribution in [-0.2, 0) is 4.74 Å². The molecule has 0 aliphatic carbocycles. The Morgan fingerprint density at radius 3 is 2.75 bits per heavy atom. The second-order valence-electron chi connectivity index (χ2n) is 4.67. The zero-order valence-electron chi connectivity index (χ0n) is 10.9. The average molecular weight is 294 g/mol. The number of morpholine rings is 1. The van der Waals surface area contributed by atoms with E-state index in [1.165, 1.54) is 11.3 Å². The van der Waals surface area contributed by atoms with Crippen LogP contribution in [0.5, 0.6) is 0 Å². The Balaban J connectivity index is 2.02. The van der Waals surface area contributed by atoms with Crippen LogP contribution in [0.3, 0.4) is 0 Å². The van der Waals surface area contributed by atoms with E-state index in [0.717, 1.165) is 9.58 Å². The molecule has 2 aromatic rings. The Bertz CT molecular complexity index is 682. The van der Waals surface area contributed by atoms with Gasteiger partial charge in [-0.05, 0) is 13.0 Å². The zero-order chi connectivity index (χ0) is 14.3. The van der Waals surface area contributed by atoms with Crippen molar-refractivity contribution in [2.45, 2.75) is 6.92 Å². The Morgan fingerprint density at radius 1 is 1.40 bits per heavy atom. The lowest BCUT2D eigenvalue weighted by atomic mass is 10.2. The molecule has 1 fully saturated rings. The lowest BCUT2D eigenvalue weighted by Crippen LogP contribution is -2.40. The van der Waals surface area contributed by atoms with E-state index in [4.69, 9.17) is 9.84 Å². The first-order chi connectivity index (χ1) is 9.58. The van der Waals surface area contributed by atoms with Crippen molar-refractivity contribution < 1.29 is 19.4 Å². The summed E-state index contributed by atoms with van der Waals surface area (Å²) in [6.07, 6.45) is 0. The molecule has 106 valence electrons. The van der Waals surface area contributed by atoms with Gasteiger partial charge in [0.05, 0.1) is 29.0 Å². The Kier molecular flexibility index (Phi) is 3.23. The van der Waals surface area contributed by atoms with Crippen LogP contribution in [0.1, 0.15) is 25.7 Å². The Morgan fingerprint density at radius 2 is 2.10 bits per heavy atom. The fourth-order valence-electron chi connectivity index (χ4n) is 2.39. The van der Waals surface area contributed by atoms with Crippen molar-refractivity contribution in [1.82, 2.24) is 9.88 Å². The van der Waals surface area contributed by atoms with Crippen LogP contribution in [0.25, 0.3) is 10.2 Å². The quantitative estimate of drug-likeness (QED) is 0.883. The first-order valence-electron chi connectivity index (χ1n) is 6.30. The van der Waals surface area contributed by atoms with Crippen molar-refractivity contribution in [3.05, 3.63) is 22.2 Å². The van der Waals surface area contributed by atoms with Crippen LogP contribution in [-0.4, -0.2) is 53.2 Å². The number of hydrogen-bond acceptors (Lipinski definition) is 4. The van der Waals surface area contributed by atoms with Crippen molar-refractivity contribution in [2.24, 2.45) is 0 Å². The van der Waals surface area contributed by atoms with Crippen LogP contribution >= 0.6 is 11.3 Å². The number of nitrogens with one attached hydrogen (secondary N) is 1. The number of ether oxygens (including phenoxy) is 1. The topological polar surface area (TPSA) is 82.6 Å². The maximum atomic E-state index is 12.6. The second-order valence-corrected chi connectivity index (χ2v) is 5.92. The number of rotatable bonds is 2. The van der Waals surface area contributed by atoms with E-state index in [-0.39, 0.29) is 11.6 Å². The van der Waals surface area contributed by atoms with Crippen molar-refractivity contribution in [2.75, 3.05) is 26.3 Å². The van der Waals surface area contributed by atoms with Crippen LogP contribution in [0.15, 0.2) is 6.07 Å². The molecule has 7 heteroatoms. The van der Waals surface area contributed by atoms with Crippen LogP contribution in [0, 0.1) is 6.92 Å². The van der Waals surface area contributed by atoms with E-state index in [9.17, 15) is 9.59 Å². The summed E-state index contributed by atoms with van der Waals surface area (Å²) < 4.78 is 6.05. The number of aromatic nitrogens is 1. The Hall–Kier alpha value is -1.86. The molecular formula is C13H14N2O4S. The van der Waals surface area contributed by atoms with E-state index in [1.807, 2.05) is 6.92 Å². The molecule has 1 aliphatic rings. The van der Waals surface area contributed by atoms with Crippen molar-refractivity contribution >= 4 is 33.4 Å². The minimum absolute atomic E-state index is 0.0594. The van der Waals surface area contributed by atoms with E-state index in [2.05, 4.69) is 4.98 Å². The van der Waals surface area contributed by atoms with Gasteiger partial charge in [0.1, 0.15) is 5.69 Å². The van der Waals surface area contributed by atoms with Gasteiger partial charge in [0.2, 0.25) is 0 Å². The molecule has 0 aromatic carbocycles. The number of fused-ring (bicyclic) bond motifs is 1. The fraction of sp³-hybridized carbons (Fsp3) is 0.385. The molecule has 6 nitrogen and oxygen atoms in total. The summed E-state index contributed by atoms with van der Waals surface area (Å²) in [4.78, 5) is 29.1. The number of aryl methyl sites for hydroxylation is 1. The highest BCUT2D eigenvalue weighted by molar-refractivity contribution is 7.19. The van der Waals surface area contributed by atoms with E-state index in [0.29, 0.717) is 37.4 Å².